The number of anilines is 1. The lowest BCUT2D eigenvalue weighted by Gasteiger charge is -2.25. The van der Waals surface area contributed by atoms with E-state index in [2.05, 4.69) is 15.3 Å². The molecule has 0 fully saturated rings. The van der Waals surface area contributed by atoms with Crippen molar-refractivity contribution in [3.8, 4) is 0 Å². The van der Waals surface area contributed by atoms with Crippen molar-refractivity contribution in [2.24, 2.45) is 5.73 Å². The average molecular weight is 251 g/mol. The summed E-state index contributed by atoms with van der Waals surface area (Å²) >= 11 is 0. The number of rotatable bonds is 7. The van der Waals surface area contributed by atoms with Crippen LogP contribution in [0.1, 0.15) is 26.3 Å². The van der Waals surface area contributed by atoms with E-state index >= 15 is 0 Å². The first-order valence-electron chi connectivity index (χ1n) is 6.11. The van der Waals surface area contributed by atoms with Crippen LogP contribution in [0.5, 0.6) is 0 Å². The Hall–Kier alpha value is -1.69. The third kappa shape index (κ3) is 4.29. The number of carbonyl (C=O) groups is 1. The molecular formula is C12H21N5O. The van der Waals surface area contributed by atoms with Crippen LogP contribution in [0.4, 0.5) is 5.95 Å². The highest BCUT2D eigenvalue weighted by Crippen LogP contribution is 2.10. The highest BCUT2D eigenvalue weighted by molar-refractivity contribution is 5.78. The van der Waals surface area contributed by atoms with Crippen LogP contribution in [-0.4, -0.2) is 35.0 Å². The number of amides is 1. The summed E-state index contributed by atoms with van der Waals surface area (Å²) in [5.74, 6) is 0.146. The Morgan fingerprint density at radius 1 is 1.44 bits per heavy atom. The molecule has 0 aliphatic carbocycles. The number of aromatic nitrogens is 2. The van der Waals surface area contributed by atoms with Crippen molar-refractivity contribution in [1.29, 1.82) is 0 Å². The zero-order valence-corrected chi connectivity index (χ0v) is 11.2. The van der Waals surface area contributed by atoms with Gasteiger partial charge in [0.1, 0.15) is 0 Å². The molecule has 0 bridgehead atoms. The number of hydrogen-bond acceptors (Lipinski definition) is 5. The summed E-state index contributed by atoms with van der Waals surface area (Å²) in [4.78, 5) is 21.3. The Bertz CT molecular complexity index is 377. The highest BCUT2D eigenvalue weighted by atomic mass is 16.1. The fourth-order valence-electron chi connectivity index (χ4n) is 1.51. The lowest BCUT2D eigenvalue weighted by molar-refractivity contribution is -0.116. The molecule has 0 spiro atoms. The van der Waals surface area contributed by atoms with Crippen LogP contribution < -0.4 is 16.0 Å². The molecule has 0 saturated carbocycles. The number of carbonyl (C=O) groups excluding carboxylic acids is 1. The minimum Gasteiger partial charge on any atom is -0.368 e. The molecule has 6 nitrogen and oxygen atoms in total. The highest BCUT2D eigenvalue weighted by Gasteiger charge is 2.15. The fourth-order valence-corrected chi connectivity index (χ4v) is 1.51. The van der Waals surface area contributed by atoms with E-state index in [1.54, 1.807) is 17.3 Å². The Morgan fingerprint density at radius 2 is 2.06 bits per heavy atom. The van der Waals surface area contributed by atoms with E-state index in [9.17, 15) is 4.79 Å². The monoisotopic (exact) mass is 251 g/mol. The topological polar surface area (TPSA) is 84.1 Å². The van der Waals surface area contributed by atoms with E-state index in [0.717, 1.165) is 18.7 Å². The van der Waals surface area contributed by atoms with Crippen LogP contribution in [-0.2, 0) is 11.3 Å². The molecule has 0 aliphatic rings. The second kappa shape index (κ2) is 6.90. The smallest absolute Gasteiger partial charge is 0.237 e. The maximum atomic E-state index is 11.0. The molecule has 0 saturated heterocycles. The zero-order valence-electron chi connectivity index (χ0n) is 11.2. The standard InChI is InChI=1S/C12H21N5O/c1-4-14-5-10-6-15-12(16-7-10)17(9(2)3)8-11(13)18/h6-7,9,14H,4-5,8H2,1-3H3,(H2,13,18). The summed E-state index contributed by atoms with van der Waals surface area (Å²) in [6.07, 6.45) is 3.53. The van der Waals surface area contributed by atoms with Gasteiger partial charge in [-0.1, -0.05) is 6.92 Å². The SMILES string of the molecule is CCNCc1cnc(N(CC(N)=O)C(C)C)nc1. The van der Waals surface area contributed by atoms with E-state index in [0.29, 0.717) is 5.95 Å². The second-order valence-corrected chi connectivity index (χ2v) is 4.36. The van der Waals surface area contributed by atoms with Gasteiger partial charge in [0.25, 0.3) is 0 Å². The summed E-state index contributed by atoms with van der Waals surface area (Å²) < 4.78 is 0. The maximum absolute atomic E-state index is 11.0. The van der Waals surface area contributed by atoms with Gasteiger partial charge in [-0.2, -0.15) is 0 Å². The Kier molecular flexibility index (Phi) is 5.51. The van der Waals surface area contributed by atoms with Crippen LogP contribution in [0.2, 0.25) is 0 Å². The average Bonchev–Trinajstić information content (AvgIpc) is 2.34. The minimum atomic E-state index is -0.385. The molecule has 1 aromatic heterocycles. The summed E-state index contributed by atoms with van der Waals surface area (Å²) in [6, 6.07) is 0.122. The molecule has 0 radical (unpaired) electrons. The van der Waals surface area contributed by atoms with E-state index in [4.69, 9.17) is 5.73 Å². The number of nitrogens with zero attached hydrogens (tertiary/aromatic N) is 3. The molecule has 1 heterocycles. The molecule has 6 heteroatoms. The van der Waals surface area contributed by atoms with Crippen molar-refractivity contribution in [1.82, 2.24) is 15.3 Å². The molecule has 1 amide bonds. The van der Waals surface area contributed by atoms with Crippen LogP contribution in [0.25, 0.3) is 0 Å². The summed E-state index contributed by atoms with van der Waals surface area (Å²) in [7, 11) is 0. The number of primary amides is 1. The fraction of sp³-hybridized carbons (Fsp3) is 0.583. The Morgan fingerprint density at radius 3 is 2.50 bits per heavy atom. The molecule has 0 aromatic carbocycles. The maximum Gasteiger partial charge on any atom is 0.237 e. The van der Waals surface area contributed by atoms with Crippen molar-refractivity contribution in [2.75, 3.05) is 18.0 Å². The van der Waals surface area contributed by atoms with Gasteiger partial charge in [0.05, 0.1) is 6.54 Å². The molecule has 3 N–H and O–H groups in total. The summed E-state index contributed by atoms with van der Waals surface area (Å²) in [6.45, 7) is 7.76. The number of nitrogens with one attached hydrogen (secondary N) is 1. The lowest BCUT2D eigenvalue weighted by Crippen LogP contribution is -2.39. The predicted molar refractivity (Wildman–Crippen MR) is 71.1 cm³/mol. The zero-order chi connectivity index (χ0) is 13.5. The lowest BCUT2D eigenvalue weighted by atomic mass is 10.3. The normalized spacial score (nSPS) is 10.7. The van der Waals surface area contributed by atoms with Crippen molar-refractivity contribution in [2.45, 2.75) is 33.4 Å². The van der Waals surface area contributed by atoms with Crippen LogP contribution in [0.15, 0.2) is 12.4 Å². The van der Waals surface area contributed by atoms with Crippen molar-refractivity contribution in [3.63, 3.8) is 0 Å². The van der Waals surface area contributed by atoms with Gasteiger partial charge in [0.15, 0.2) is 0 Å². The molecule has 1 rings (SSSR count). The molecule has 0 atom stereocenters. The third-order valence-corrected chi connectivity index (χ3v) is 2.48. The quantitative estimate of drug-likeness (QED) is 0.727. The van der Waals surface area contributed by atoms with E-state index in [1.165, 1.54) is 0 Å². The first-order chi connectivity index (χ1) is 8.54. The first-order valence-corrected chi connectivity index (χ1v) is 6.11. The van der Waals surface area contributed by atoms with Gasteiger partial charge in [-0.3, -0.25) is 4.79 Å². The van der Waals surface area contributed by atoms with Gasteiger partial charge in [-0.15, -0.1) is 0 Å². The van der Waals surface area contributed by atoms with Gasteiger partial charge >= 0.3 is 0 Å². The predicted octanol–water partition coefficient (Wildman–Crippen LogP) is 0.286. The Balaban J connectivity index is 2.77. The number of nitrogens with two attached hydrogens (primary N) is 1. The third-order valence-electron chi connectivity index (χ3n) is 2.48. The van der Waals surface area contributed by atoms with Crippen molar-refractivity contribution >= 4 is 11.9 Å². The van der Waals surface area contributed by atoms with E-state index in [1.807, 2.05) is 20.8 Å². The summed E-state index contributed by atoms with van der Waals surface area (Å²) in [5, 5.41) is 3.20. The van der Waals surface area contributed by atoms with Crippen molar-refractivity contribution < 1.29 is 4.79 Å². The van der Waals surface area contributed by atoms with Crippen LogP contribution >= 0.6 is 0 Å². The molecule has 100 valence electrons. The Labute approximate surface area is 108 Å². The minimum absolute atomic E-state index is 0.122. The number of hydrogen-bond donors (Lipinski definition) is 2. The van der Waals surface area contributed by atoms with Gasteiger partial charge in [0, 0.05) is 30.5 Å². The molecule has 1 aromatic rings. The van der Waals surface area contributed by atoms with Crippen LogP contribution in [0, 0.1) is 0 Å². The van der Waals surface area contributed by atoms with Gasteiger partial charge in [-0.25, -0.2) is 9.97 Å². The van der Waals surface area contributed by atoms with E-state index < -0.39 is 0 Å². The first kappa shape index (κ1) is 14.4. The molecule has 18 heavy (non-hydrogen) atoms. The summed E-state index contributed by atoms with van der Waals surface area (Å²) in [5.41, 5.74) is 6.23. The van der Waals surface area contributed by atoms with E-state index in [-0.39, 0.29) is 18.5 Å². The van der Waals surface area contributed by atoms with Crippen LogP contribution in [0.3, 0.4) is 0 Å². The molecule has 0 aliphatic heterocycles. The van der Waals surface area contributed by atoms with Gasteiger partial charge in [-0.05, 0) is 20.4 Å². The molecular weight excluding hydrogens is 230 g/mol. The largest absolute Gasteiger partial charge is 0.368 e. The van der Waals surface area contributed by atoms with Gasteiger partial charge in [0.2, 0.25) is 11.9 Å². The second-order valence-electron chi connectivity index (χ2n) is 4.36. The molecule has 0 unspecified atom stereocenters. The van der Waals surface area contributed by atoms with Gasteiger partial charge < -0.3 is 16.0 Å². The van der Waals surface area contributed by atoms with Crippen molar-refractivity contribution in [3.05, 3.63) is 18.0 Å².